The minimum atomic E-state index is -3.55. The number of pyridine rings is 1. The summed E-state index contributed by atoms with van der Waals surface area (Å²) in [6.45, 7) is 3.07. The fraction of sp³-hybridized carbons (Fsp3) is 0.550. The first kappa shape index (κ1) is 21.1. The van der Waals surface area contributed by atoms with E-state index in [-0.39, 0.29) is 18.0 Å². The molecule has 1 fully saturated rings. The van der Waals surface area contributed by atoms with Gasteiger partial charge in [-0.2, -0.15) is 17.0 Å². The molecule has 162 valence electrons. The van der Waals surface area contributed by atoms with E-state index in [1.165, 1.54) is 28.3 Å². The average Bonchev–Trinajstić information content (AvgIpc) is 2.74. The van der Waals surface area contributed by atoms with E-state index in [1.807, 2.05) is 12.3 Å². The SMILES string of the molecule is CN(C)S(=O)(=O)N1CCc2nc(C3CCCN(Cc4cccnc4)C3)[nH]c(=O)c2C1. The van der Waals surface area contributed by atoms with Crippen LogP contribution in [-0.4, -0.2) is 70.6 Å². The second kappa shape index (κ2) is 8.54. The van der Waals surface area contributed by atoms with Gasteiger partial charge in [0.05, 0.1) is 11.3 Å². The van der Waals surface area contributed by atoms with Crippen molar-refractivity contribution < 1.29 is 8.42 Å². The third-order valence-electron chi connectivity index (χ3n) is 5.86. The van der Waals surface area contributed by atoms with Gasteiger partial charge in [0.2, 0.25) is 0 Å². The highest BCUT2D eigenvalue weighted by atomic mass is 32.2. The lowest BCUT2D eigenvalue weighted by Crippen LogP contribution is -2.45. The molecular formula is C20H28N6O3S. The van der Waals surface area contributed by atoms with Gasteiger partial charge in [0, 0.05) is 65.0 Å². The molecule has 0 aromatic carbocycles. The van der Waals surface area contributed by atoms with Crippen molar-refractivity contribution in [2.45, 2.75) is 38.3 Å². The number of nitrogens with one attached hydrogen (secondary N) is 1. The first-order valence-corrected chi connectivity index (χ1v) is 11.6. The first-order chi connectivity index (χ1) is 14.3. The molecule has 0 saturated carbocycles. The number of piperidine rings is 1. The van der Waals surface area contributed by atoms with Crippen LogP contribution in [0.4, 0.5) is 0 Å². The molecule has 4 rings (SSSR count). The lowest BCUT2D eigenvalue weighted by Gasteiger charge is -2.33. The molecule has 2 aromatic rings. The van der Waals surface area contributed by atoms with E-state index in [0.29, 0.717) is 18.5 Å². The summed E-state index contributed by atoms with van der Waals surface area (Å²) in [5, 5.41) is 0. The van der Waals surface area contributed by atoms with Crippen molar-refractivity contribution >= 4 is 10.2 Å². The van der Waals surface area contributed by atoms with Crippen LogP contribution >= 0.6 is 0 Å². The maximum atomic E-state index is 12.8. The van der Waals surface area contributed by atoms with Gasteiger partial charge >= 0.3 is 0 Å². The van der Waals surface area contributed by atoms with E-state index in [9.17, 15) is 13.2 Å². The van der Waals surface area contributed by atoms with Gasteiger partial charge in [-0.3, -0.25) is 14.7 Å². The van der Waals surface area contributed by atoms with Crippen molar-refractivity contribution in [3.8, 4) is 0 Å². The van der Waals surface area contributed by atoms with Gasteiger partial charge in [-0.25, -0.2) is 4.98 Å². The Morgan fingerprint density at radius 2 is 2.13 bits per heavy atom. The van der Waals surface area contributed by atoms with Crippen LogP contribution in [0.1, 0.15) is 41.4 Å². The molecule has 10 heteroatoms. The van der Waals surface area contributed by atoms with Crippen molar-refractivity contribution in [1.29, 1.82) is 0 Å². The average molecular weight is 433 g/mol. The molecule has 0 aliphatic carbocycles. The van der Waals surface area contributed by atoms with Gasteiger partial charge in [0.15, 0.2) is 0 Å². The largest absolute Gasteiger partial charge is 0.310 e. The number of H-pyrrole nitrogens is 1. The van der Waals surface area contributed by atoms with Gasteiger partial charge in [0.1, 0.15) is 5.82 Å². The Morgan fingerprint density at radius 3 is 2.87 bits per heavy atom. The van der Waals surface area contributed by atoms with E-state index in [4.69, 9.17) is 4.98 Å². The topological polar surface area (TPSA) is 102 Å². The summed E-state index contributed by atoms with van der Waals surface area (Å²) in [6, 6.07) is 4.02. The molecular weight excluding hydrogens is 404 g/mol. The summed E-state index contributed by atoms with van der Waals surface area (Å²) in [5.74, 6) is 0.885. The molecule has 30 heavy (non-hydrogen) atoms. The van der Waals surface area contributed by atoms with Crippen LogP contribution in [0.5, 0.6) is 0 Å². The predicted molar refractivity (Wildman–Crippen MR) is 113 cm³/mol. The monoisotopic (exact) mass is 432 g/mol. The normalized spacial score (nSPS) is 21.0. The number of likely N-dealkylation sites (tertiary alicyclic amines) is 1. The number of rotatable bonds is 5. The molecule has 1 N–H and O–H groups in total. The van der Waals surface area contributed by atoms with Gasteiger partial charge in [0.25, 0.3) is 15.8 Å². The zero-order valence-corrected chi connectivity index (χ0v) is 18.2. The lowest BCUT2D eigenvalue weighted by molar-refractivity contribution is 0.196. The first-order valence-electron chi connectivity index (χ1n) is 10.3. The summed E-state index contributed by atoms with van der Waals surface area (Å²) >= 11 is 0. The van der Waals surface area contributed by atoms with E-state index < -0.39 is 10.2 Å². The number of nitrogens with zero attached hydrogens (tertiary/aromatic N) is 5. The van der Waals surface area contributed by atoms with Crippen LogP contribution in [0.2, 0.25) is 0 Å². The molecule has 2 aromatic heterocycles. The molecule has 1 atom stereocenters. The molecule has 0 amide bonds. The smallest absolute Gasteiger partial charge is 0.281 e. The number of hydrogen-bond donors (Lipinski definition) is 1. The quantitative estimate of drug-likeness (QED) is 0.747. The Balaban J connectivity index is 1.51. The molecule has 9 nitrogen and oxygen atoms in total. The fourth-order valence-electron chi connectivity index (χ4n) is 4.21. The summed E-state index contributed by atoms with van der Waals surface area (Å²) in [6.07, 6.45) is 6.13. The van der Waals surface area contributed by atoms with E-state index in [2.05, 4.69) is 20.9 Å². The molecule has 0 radical (unpaired) electrons. The van der Waals surface area contributed by atoms with E-state index in [1.54, 1.807) is 6.20 Å². The Bertz CT molecular complexity index is 1050. The van der Waals surface area contributed by atoms with Crippen molar-refractivity contribution in [3.05, 3.63) is 57.5 Å². The summed E-state index contributed by atoms with van der Waals surface area (Å²) in [7, 11) is -0.559. The highest BCUT2D eigenvalue weighted by Crippen LogP contribution is 2.26. The summed E-state index contributed by atoms with van der Waals surface area (Å²) in [4.78, 5) is 27.1. The zero-order chi connectivity index (χ0) is 21.3. The number of aromatic nitrogens is 3. The van der Waals surface area contributed by atoms with E-state index >= 15 is 0 Å². The molecule has 1 unspecified atom stereocenters. The Labute approximate surface area is 176 Å². The highest BCUT2D eigenvalue weighted by Gasteiger charge is 2.32. The fourth-order valence-corrected chi connectivity index (χ4v) is 5.29. The predicted octanol–water partition coefficient (Wildman–Crippen LogP) is 0.709. The standard InChI is InChI=1S/C20H28N6O3S/c1-24(2)30(28,29)26-10-7-18-17(14-26)20(27)23-19(22-18)16-6-4-9-25(13-16)12-15-5-3-8-21-11-15/h3,5,8,11,16H,4,6-7,9-10,12-14H2,1-2H3,(H,22,23,27). The minimum absolute atomic E-state index is 0.0657. The Morgan fingerprint density at radius 1 is 1.30 bits per heavy atom. The maximum absolute atomic E-state index is 12.8. The van der Waals surface area contributed by atoms with Crippen molar-refractivity contribution in [1.82, 2.24) is 28.5 Å². The third kappa shape index (κ3) is 4.31. The highest BCUT2D eigenvalue weighted by molar-refractivity contribution is 7.86. The molecule has 2 aliphatic heterocycles. The Kier molecular flexibility index (Phi) is 6.01. The summed E-state index contributed by atoms with van der Waals surface area (Å²) in [5.41, 5.74) is 2.13. The minimum Gasteiger partial charge on any atom is -0.310 e. The van der Waals surface area contributed by atoms with Crippen LogP contribution in [-0.2, 0) is 29.7 Å². The van der Waals surface area contributed by atoms with Gasteiger partial charge < -0.3 is 4.98 Å². The number of hydrogen-bond acceptors (Lipinski definition) is 6. The second-order valence-electron chi connectivity index (χ2n) is 8.19. The molecule has 1 saturated heterocycles. The molecule has 0 spiro atoms. The van der Waals surface area contributed by atoms with Gasteiger partial charge in [-0.1, -0.05) is 6.07 Å². The molecule has 0 bridgehead atoms. The van der Waals surface area contributed by atoms with Crippen molar-refractivity contribution in [3.63, 3.8) is 0 Å². The molecule has 4 heterocycles. The number of fused-ring (bicyclic) bond motifs is 1. The van der Waals surface area contributed by atoms with E-state index in [0.717, 1.165) is 44.0 Å². The summed E-state index contributed by atoms with van der Waals surface area (Å²) < 4.78 is 27.3. The van der Waals surface area contributed by atoms with Crippen LogP contribution in [0.3, 0.4) is 0 Å². The molecule has 2 aliphatic rings. The van der Waals surface area contributed by atoms with Crippen molar-refractivity contribution in [2.24, 2.45) is 0 Å². The third-order valence-corrected chi connectivity index (χ3v) is 7.75. The maximum Gasteiger partial charge on any atom is 0.281 e. The second-order valence-corrected chi connectivity index (χ2v) is 10.3. The zero-order valence-electron chi connectivity index (χ0n) is 17.4. The van der Waals surface area contributed by atoms with Crippen molar-refractivity contribution in [2.75, 3.05) is 33.7 Å². The van der Waals surface area contributed by atoms with Crippen LogP contribution < -0.4 is 5.56 Å². The Hall–Kier alpha value is -2.14. The van der Waals surface area contributed by atoms with Gasteiger partial charge in [-0.15, -0.1) is 0 Å². The number of aromatic amines is 1. The van der Waals surface area contributed by atoms with Crippen LogP contribution in [0, 0.1) is 0 Å². The lowest BCUT2D eigenvalue weighted by atomic mass is 9.96. The van der Waals surface area contributed by atoms with Crippen LogP contribution in [0.15, 0.2) is 29.3 Å². The van der Waals surface area contributed by atoms with Crippen LogP contribution in [0.25, 0.3) is 0 Å². The van der Waals surface area contributed by atoms with Gasteiger partial charge in [-0.05, 0) is 31.0 Å².